The van der Waals surface area contributed by atoms with E-state index in [9.17, 15) is 14.7 Å². The van der Waals surface area contributed by atoms with Crippen LogP contribution in [-0.2, 0) is 9.53 Å². The predicted molar refractivity (Wildman–Crippen MR) is 66.7 cm³/mol. The number of nitrogens with one attached hydrogen (secondary N) is 2. The zero-order valence-corrected chi connectivity index (χ0v) is 11.1. The van der Waals surface area contributed by atoms with Gasteiger partial charge in [0.25, 0.3) is 0 Å². The van der Waals surface area contributed by atoms with E-state index in [2.05, 4.69) is 16.6 Å². The van der Waals surface area contributed by atoms with Gasteiger partial charge in [-0.25, -0.2) is 4.79 Å². The van der Waals surface area contributed by atoms with E-state index in [1.165, 1.54) is 6.92 Å². The Labute approximate surface area is 107 Å². The van der Waals surface area contributed by atoms with Gasteiger partial charge in [-0.15, -0.1) is 6.42 Å². The van der Waals surface area contributed by atoms with Crippen molar-refractivity contribution in [2.24, 2.45) is 0 Å². The Kier molecular flexibility index (Phi) is 6.20. The lowest BCUT2D eigenvalue weighted by molar-refractivity contribution is -0.125. The lowest BCUT2D eigenvalue weighted by atomic mass is 10.1. The standard InChI is InChI=1S/C12H20N2O4/c1-6-7-13-10(16)9(8(2)15)14-11(17)18-12(3,4)5/h1,8-9,15H,7H2,2-5H3,(H,13,16)(H,14,17)/t8-,9+/m1/s1. The molecule has 0 aliphatic heterocycles. The average Bonchev–Trinajstić information content (AvgIpc) is 2.19. The molecule has 0 aliphatic carbocycles. The second-order valence-corrected chi connectivity index (χ2v) is 4.79. The maximum atomic E-state index is 11.6. The first kappa shape index (κ1) is 16.3. The first-order valence-electron chi connectivity index (χ1n) is 5.56. The number of hydrogen-bond donors (Lipinski definition) is 3. The molecule has 0 bridgehead atoms. The van der Waals surface area contributed by atoms with Gasteiger partial charge in [0, 0.05) is 0 Å². The number of rotatable bonds is 4. The number of aliphatic hydroxyl groups excluding tert-OH is 1. The fourth-order valence-corrected chi connectivity index (χ4v) is 1.09. The Morgan fingerprint density at radius 3 is 2.39 bits per heavy atom. The van der Waals surface area contributed by atoms with Gasteiger partial charge in [0.15, 0.2) is 0 Å². The second kappa shape index (κ2) is 6.87. The zero-order chi connectivity index (χ0) is 14.3. The van der Waals surface area contributed by atoms with Crippen LogP contribution in [0.15, 0.2) is 0 Å². The summed E-state index contributed by atoms with van der Waals surface area (Å²) in [6.45, 7) is 6.50. The van der Waals surface area contributed by atoms with Gasteiger partial charge in [-0.05, 0) is 27.7 Å². The molecule has 0 saturated heterocycles. The Hall–Kier alpha value is -1.74. The molecule has 0 heterocycles. The van der Waals surface area contributed by atoms with Crippen LogP contribution in [-0.4, -0.2) is 41.4 Å². The van der Waals surface area contributed by atoms with Crippen LogP contribution in [0.3, 0.4) is 0 Å². The molecule has 6 nitrogen and oxygen atoms in total. The maximum Gasteiger partial charge on any atom is 0.408 e. The summed E-state index contributed by atoms with van der Waals surface area (Å²) >= 11 is 0. The smallest absolute Gasteiger partial charge is 0.408 e. The van der Waals surface area contributed by atoms with Crippen molar-refractivity contribution in [3.63, 3.8) is 0 Å². The Morgan fingerprint density at radius 1 is 1.44 bits per heavy atom. The number of carbonyl (C=O) groups is 2. The molecule has 0 aromatic heterocycles. The van der Waals surface area contributed by atoms with E-state index in [1.54, 1.807) is 20.8 Å². The molecule has 0 aromatic rings. The Bertz CT molecular complexity index is 339. The molecule has 2 amide bonds. The molecular weight excluding hydrogens is 236 g/mol. The highest BCUT2D eigenvalue weighted by Gasteiger charge is 2.27. The van der Waals surface area contributed by atoms with Crippen molar-refractivity contribution in [3.05, 3.63) is 0 Å². The Balaban J connectivity index is 4.50. The molecule has 102 valence electrons. The molecule has 18 heavy (non-hydrogen) atoms. The molecule has 0 unspecified atom stereocenters. The molecule has 2 atom stereocenters. The van der Waals surface area contributed by atoms with Gasteiger partial charge in [-0.1, -0.05) is 5.92 Å². The molecule has 6 heteroatoms. The molecule has 0 rings (SSSR count). The van der Waals surface area contributed by atoms with Crippen LogP contribution in [0.5, 0.6) is 0 Å². The summed E-state index contributed by atoms with van der Waals surface area (Å²) in [5.41, 5.74) is -0.678. The SMILES string of the molecule is C#CCNC(=O)[C@@H](NC(=O)OC(C)(C)C)[C@@H](C)O. The number of terminal acetylenes is 1. The largest absolute Gasteiger partial charge is 0.444 e. The number of amides is 2. The minimum atomic E-state index is -1.10. The number of hydrogen-bond acceptors (Lipinski definition) is 4. The molecule has 0 fully saturated rings. The van der Waals surface area contributed by atoms with E-state index in [0.717, 1.165) is 0 Å². The fraction of sp³-hybridized carbons (Fsp3) is 0.667. The van der Waals surface area contributed by atoms with Gasteiger partial charge < -0.3 is 20.5 Å². The van der Waals surface area contributed by atoms with Gasteiger partial charge in [0.1, 0.15) is 11.6 Å². The van der Waals surface area contributed by atoms with Crippen molar-refractivity contribution in [2.75, 3.05) is 6.54 Å². The van der Waals surface area contributed by atoms with Crippen molar-refractivity contribution < 1.29 is 19.4 Å². The molecule has 0 spiro atoms. The van der Waals surface area contributed by atoms with E-state index < -0.39 is 29.7 Å². The predicted octanol–water partition coefficient (Wildman–Crippen LogP) is 0.00990. The van der Waals surface area contributed by atoms with Crippen molar-refractivity contribution >= 4 is 12.0 Å². The summed E-state index contributed by atoms with van der Waals surface area (Å²) in [7, 11) is 0. The quantitative estimate of drug-likeness (QED) is 0.618. The topological polar surface area (TPSA) is 87.7 Å². The van der Waals surface area contributed by atoms with Crippen LogP contribution in [0.2, 0.25) is 0 Å². The van der Waals surface area contributed by atoms with Crippen LogP contribution >= 0.6 is 0 Å². The number of ether oxygens (including phenoxy) is 1. The van der Waals surface area contributed by atoms with E-state index in [-0.39, 0.29) is 6.54 Å². The van der Waals surface area contributed by atoms with E-state index in [1.807, 2.05) is 0 Å². The number of alkyl carbamates (subject to hydrolysis) is 1. The monoisotopic (exact) mass is 256 g/mol. The summed E-state index contributed by atoms with van der Waals surface area (Å²) < 4.78 is 4.99. The molecule has 0 saturated carbocycles. The van der Waals surface area contributed by atoms with Crippen molar-refractivity contribution in [1.29, 1.82) is 0 Å². The Morgan fingerprint density at radius 2 is 2.00 bits per heavy atom. The highest BCUT2D eigenvalue weighted by molar-refractivity contribution is 5.86. The number of aliphatic hydroxyl groups is 1. The van der Waals surface area contributed by atoms with Crippen LogP contribution in [0.4, 0.5) is 4.79 Å². The van der Waals surface area contributed by atoms with E-state index in [0.29, 0.717) is 0 Å². The third-order valence-electron chi connectivity index (χ3n) is 1.80. The molecular formula is C12H20N2O4. The minimum absolute atomic E-state index is 0.0258. The van der Waals surface area contributed by atoms with Gasteiger partial charge in [-0.2, -0.15) is 0 Å². The normalized spacial score (nSPS) is 14.0. The fourth-order valence-electron chi connectivity index (χ4n) is 1.09. The number of carbonyl (C=O) groups excluding carboxylic acids is 2. The lowest BCUT2D eigenvalue weighted by Gasteiger charge is -2.24. The van der Waals surface area contributed by atoms with Crippen LogP contribution in [0.25, 0.3) is 0 Å². The lowest BCUT2D eigenvalue weighted by Crippen LogP contribution is -2.53. The molecule has 0 aromatic carbocycles. The van der Waals surface area contributed by atoms with Crippen molar-refractivity contribution in [3.8, 4) is 12.3 Å². The summed E-state index contributed by atoms with van der Waals surface area (Å²) in [5, 5.41) is 14.1. The van der Waals surface area contributed by atoms with Crippen LogP contribution in [0, 0.1) is 12.3 Å². The van der Waals surface area contributed by atoms with Crippen molar-refractivity contribution in [1.82, 2.24) is 10.6 Å². The van der Waals surface area contributed by atoms with Gasteiger partial charge in [-0.3, -0.25) is 4.79 Å². The highest BCUT2D eigenvalue weighted by atomic mass is 16.6. The van der Waals surface area contributed by atoms with Crippen LogP contribution < -0.4 is 10.6 Å². The van der Waals surface area contributed by atoms with Crippen molar-refractivity contribution in [2.45, 2.75) is 45.4 Å². The zero-order valence-electron chi connectivity index (χ0n) is 11.1. The first-order chi connectivity index (χ1) is 8.17. The highest BCUT2D eigenvalue weighted by Crippen LogP contribution is 2.07. The minimum Gasteiger partial charge on any atom is -0.444 e. The van der Waals surface area contributed by atoms with E-state index >= 15 is 0 Å². The van der Waals surface area contributed by atoms with Gasteiger partial charge in [0.05, 0.1) is 12.6 Å². The summed E-state index contributed by atoms with van der Waals surface area (Å²) in [6.07, 6.45) is 3.16. The summed E-state index contributed by atoms with van der Waals surface area (Å²) in [5.74, 6) is 1.67. The first-order valence-corrected chi connectivity index (χ1v) is 5.56. The van der Waals surface area contributed by atoms with Crippen LogP contribution in [0.1, 0.15) is 27.7 Å². The summed E-state index contributed by atoms with van der Waals surface area (Å²) in [4.78, 5) is 23.1. The van der Waals surface area contributed by atoms with E-state index in [4.69, 9.17) is 11.2 Å². The second-order valence-electron chi connectivity index (χ2n) is 4.79. The average molecular weight is 256 g/mol. The third-order valence-corrected chi connectivity index (χ3v) is 1.80. The van der Waals surface area contributed by atoms with Gasteiger partial charge >= 0.3 is 6.09 Å². The maximum absolute atomic E-state index is 11.6. The molecule has 0 radical (unpaired) electrons. The third kappa shape index (κ3) is 6.76. The molecule has 3 N–H and O–H groups in total. The molecule has 0 aliphatic rings. The van der Waals surface area contributed by atoms with Gasteiger partial charge in [0.2, 0.25) is 5.91 Å². The summed E-state index contributed by atoms with van der Waals surface area (Å²) in [6, 6.07) is -1.10.